The number of methoxy groups -OCH3 is 1. The number of rotatable bonds is 5. The number of piperidine rings is 1. The number of hydrogen-bond acceptors (Lipinski definition) is 4. The number of carbonyl (C=O) groups excluding carboxylic acids is 1. The van der Waals surface area contributed by atoms with Crippen LogP contribution in [0, 0.1) is 5.92 Å². The van der Waals surface area contributed by atoms with Gasteiger partial charge in [-0.25, -0.2) is 0 Å². The fraction of sp³-hybridized carbons (Fsp3) is 0.571. The number of fused-ring (bicyclic) bond motifs is 2. The number of halogens is 1. The second kappa shape index (κ2) is 8.21. The molecule has 0 amide bonds. The van der Waals surface area contributed by atoms with Crippen molar-refractivity contribution in [1.29, 1.82) is 0 Å². The van der Waals surface area contributed by atoms with Crippen molar-refractivity contribution in [2.24, 2.45) is 13.0 Å². The van der Waals surface area contributed by atoms with Crippen molar-refractivity contribution < 1.29 is 14.3 Å². The van der Waals surface area contributed by atoms with Crippen LogP contribution in [0.25, 0.3) is 10.9 Å². The number of nitrogens with zero attached hydrogens (tertiary/aromatic N) is 2. The average molecular weight is 393 g/mol. The lowest BCUT2D eigenvalue weighted by Crippen LogP contribution is -2.51. The minimum atomic E-state index is -0.0787. The number of carbonyl (C=O) groups is 1. The van der Waals surface area contributed by atoms with Crippen LogP contribution >= 0.6 is 12.4 Å². The van der Waals surface area contributed by atoms with E-state index in [9.17, 15) is 4.79 Å². The zero-order valence-electron chi connectivity index (χ0n) is 16.3. The van der Waals surface area contributed by atoms with Gasteiger partial charge >= 0.3 is 5.97 Å². The Bertz CT molecular complexity index is 819. The van der Waals surface area contributed by atoms with Crippen LogP contribution in [0.1, 0.15) is 30.4 Å². The second-order valence-electron chi connectivity index (χ2n) is 7.57. The first-order chi connectivity index (χ1) is 12.6. The minimum Gasteiger partial charge on any atom is -0.463 e. The molecule has 6 heteroatoms. The summed E-state index contributed by atoms with van der Waals surface area (Å²) in [5.74, 6) is 0.251. The second-order valence-corrected chi connectivity index (χ2v) is 7.57. The molecule has 0 radical (unpaired) electrons. The van der Waals surface area contributed by atoms with E-state index in [1.54, 1.807) is 7.11 Å². The quantitative estimate of drug-likeness (QED) is 0.579. The van der Waals surface area contributed by atoms with E-state index in [1.165, 1.54) is 22.0 Å². The minimum absolute atomic E-state index is 0. The normalized spacial score (nSPS) is 24.3. The molecule has 1 aromatic carbocycles. The maximum atomic E-state index is 12.6. The Morgan fingerprint density at radius 1 is 1.30 bits per heavy atom. The van der Waals surface area contributed by atoms with Crippen LogP contribution in [0.3, 0.4) is 0 Å². The molecule has 0 saturated carbocycles. The van der Waals surface area contributed by atoms with E-state index in [4.69, 9.17) is 9.47 Å². The van der Waals surface area contributed by atoms with Gasteiger partial charge in [-0.3, -0.25) is 9.69 Å². The number of ether oxygens (including phenoxy) is 2. The van der Waals surface area contributed by atoms with Crippen molar-refractivity contribution >= 4 is 29.3 Å². The number of likely N-dealkylation sites (tertiary alicyclic amines) is 1. The summed E-state index contributed by atoms with van der Waals surface area (Å²) >= 11 is 0. The smallest absolute Gasteiger partial charge is 0.310 e. The van der Waals surface area contributed by atoms with Gasteiger partial charge in [0.25, 0.3) is 0 Å². The predicted molar refractivity (Wildman–Crippen MR) is 109 cm³/mol. The number of aryl methyl sites for hydroxylation is 1. The van der Waals surface area contributed by atoms with Crippen LogP contribution in [0.5, 0.6) is 0 Å². The Morgan fingerprint density at radius 2 is 2.11 bits per heavy atom. The first-order valence-corrected chi connectivity index (χ1v) is 9.60. The molecule has 1 aliphatic carbocycles. The summed E-state index contributed by atoms with van der Waals surface area (Å²) in [5.41, 5.74) is 4.14. The van der Waals surface area contributed by atoms with Gasteiger partial charge in [-0.2, -0.15) is 0 Å². The molecule has 4 rings (SSSR count). The zero-order chi connectivity index (χ0) is 18.3. The van der Waals surface area contributed by atoms with Crippen molar-refractivity contribution in [2.45, 2.75) is 31.7 Å². The molecule has 2 aliphatic rings. The van der Waals surface area contributed by atoms with Gasteiger partial charge in [-0.15, -0.1) is 12.4 Å². The number of aromatic nitrogens is 1. The highest BCUT2D eigenvalue weighted by Gasteiger charge is 2.42. The van der Waals surface area contributed by atoms with E-state index in [-0.39, 0.29) is 24.3 Å². The van der Waals surface area contributed by atoms with Crippen LogP contribution in [0.15, 0.2) is 24.4 Å². The molecule has 148 valence electrons. The van der Waals surface area contributed by atoms with E-state index < -0.39 is 0 Å². The maximum Gasteiger partial charge on any atom is 0.310 e. The lowest BCUT2D eigenvalue weighted by molar-refractivity contribution is -0.152. The van der Waals surface area contributed by atoms with Gasteiger partial charge in [0, 0.05) is 49.8 Å². The Morgan fingerprint density at radius 3 is 2.85 bits per heavy atom. The summed E-state index contributed by atoms with van der Waals surface area (Å²) in [4.78, 5) is 15.1. The lowest BCUT2D eigenvalue weighted by atomic mass is 9.72. The highest BCUT2D eigenvalue weighted by atomic mass is 35.5. The molecule has 1 aromatic heterocycles. The summed E-state index contributed by atoms with van der Waals surface area (Å²) in [6.45, 7) is 4.73. The SMILES string of the molecule is CCN1CC(C(=O)OCCOC)C[C@@H]2c3cccc4c3c(cn4C)C[C@H]21.Cl. The summed E-state index contributed by atoms with van der Waals surface area (Å²) in [7, 11) is 3.75. The summed E-state index contributed by atoms with van der Waals surface area (Å²) in [6, 6.07) is 7.08. The molecule has 0 N–H and O–H groups in total. The average Bonchev–Trinajstić information content (AvgIpc) is 2.98. The highest BCUT2D eigenvalue weighted by Crippen LogP contribution is 2.45. The van der Waals surface area contributed by atoms with Gasteiger partial charge in [0.1, 0.15) is 6.61 Å². The molecule has 0 spiro atoms. The number of likely N-dealkylation sites (N-methyl/N-ethyl adjacent to an activating group) is 1. The molecule has 1 fully saturated rings. The van der Waals surface area contributed by atoms with Crippen LogP contribution in [0.4, 0.5) is 0 Å². The van der Waals surface area contributed by atoms with E-state index in [1.807, 2.05) is 0 Å². The van der Waals surface area contributed by atoms with Gasteiger partial charge in [0.2, 0.25) is 0 Å². The Labute approximate surface area is 167 Å². The fourth-order valence-corrected chi connectivity index (χ4v) is 4.95. The van der Waals surface area contributed by atoms with Gasteiger partial charge in [0.15, 0.2) is 0 Å². The Hall–Kier alpha value is -1.56. The molecule has 1 unspecified atom stereocenters. The molecule has 2 heterocycles. The van der Waals surface area contributed by atoms with Crippen LogP contribution in [-0.2, 0) is 27.7 Å². The summed E-state index contributed by atoms with van der Waals surface area (Å²) in [6.07, 6.45) is 4.22. The van der Waals surface area contributed by atoms with Crippen molar-refractivity contribution in [3.63, 3.8) is 0 Å². The van der Waals surface area contributed by atoms with Crippen molar-refractivity contribution in [2.75, 3.05) is 33.4 Å². The predicted octanol–water partition coefficient (Wildman–Crippen LogP) is 3.14. The van der Waals surface area contributed by atoms with Crippen LogP contribution in [-0.4, -0.2) is 54.9 Å². The topological polar surface area (TPSA) is 43.7 Å². The van der Waals surface area contributed by atoms with Crippen LogP contribution < -0.4 is 0 Å². The van der Waals surface area contributed by atoms with Gasteiger partial charge < -0.3 is 14.0 Å². The molecule has 1 aliphatic heterocycles. The summed E-state index contributed by atoms with van der Waals surface area (Å²) < 4.78 is 12.7. The Balaban J connectivity index is 0.00000210. The molecular formula is C21H29ClN2O3. The molecule has 2 aromatic rings. The van der Waals surface area contributed by atoms with Crippen molar-refractivity contribution in [3.05, 3.63) is 35.5 Å². The van der Waals surface area contributed by atoms with Gasteiger partial charge in [0.05, 0.1) is 12.5 Å². The zero-order valence-corrected chi connectivity index (χ0v) is 17.1. The van der Waals surface area contributed by atoms with Gasteiger partial charge in [-0.1, -0.05) is 19.1 Å². The van der Waals surface area contributed by atoms with E-state index in [0.29, 0.717) is 25.2 Å². The third-order valence-electron chi connectivity index (χ3n) is 6.15. The molecular weight excluding hydrogens is 364 g/mol. The van der Waals surface area contributed by atoms with E-state index in [2.05, 4.69) is 47.8 Å². The van der Waals surface area contributed by atoms with Gasteiger partial charge in [-0.05, 0) is 36.6 Å². The standard InChI is InChI=1S/C21H28N2O3.ClH/c1-4-23-13-15(21(24)26-9-8-25-3)10-17-16-6-5-7-18-20(16)14(11-19(17)23)12-22(18)2;/h5-7,12,15,17,19H,4,8-11,13H2,1-3H3;1H/t15?,17-,19-;/m1./s1. The fourth-order valence-electron chi connectivity index (χ4n) is 4.95. The number of hydrogen-bond donors (Lipinski definition) is 0. The summed E-state index contributed by atoms with van der Waals surface area (Å²) in [5, 5.41) is 1.40. The molecule has 27 heavy (non-hydrogen) atoms. The Kier molecular flexibility index (Phi) is 6.14. The number of esters is 1. The third-order valence-corrected chi connectivity index (χ3v) is 6.15. The van der Waals surface area contributed by atoms with Crippen molar-refractivity contribution in [3.8, 4) is 0 Å². The largest absolute Gasteiger partial charge is 0.463 e. The van der Waals surface area contributed by atoms with Crippen molar-refractivity contribution in [1.82, 2.24) is 9.47 Å². The maximum absolute atomic E-state index is 12.6. The first kappa shape index (κ1) is 20.2. The van der Waals surface area contributed by atoms with Crippen LogP contribution in [0.2, 0.25) is 0 Å². The monoisotopic (exact) mass is 392 g/mol. The third kappa shape index (κ3) is 3.48. The molecule has 3 atom stereocenters. The molecule has 5 nitrogen and oxygen atoms in total. The number of benzene rings is 1. The first-order valence-electron chi connectivity index (χ1n) is 9.60. The van der Waals surface area contributed by atoms with E-state index in [0.717, 1.165) is 25.9 Å². The lowest BCUT2D eigenvalue weighted by Gasteiger charge is -2.46. The highest BCUT2D eigenvalue weighted by molar-refractivity contribution is 5.89. The van der Waals surface area contributed by atoms with E-state index >= 15 is 0 Å². The molecule has 0 bridgehead atoms. The molecule has 1 saturated heterocycles.